The molecule has 1 aromatic heterocycles. The quantitative estimate of drug-likeness (QED) is 0.789. The summed E-state index contributed by atoms with van der Waals surface area (Å²) in [4.78, 5) is 14.5. The van der Waals surface area contributed by atoms with Gasteiger partial charge in [0.1, 0.15) is 11.9 Å². The zero-order valence-corrected chi connectivity index (χ0v) is 18.3. The average Bonchev–Trinajstić information content (AvgIpc) is 3.18. The molecule has 1 aromatic carbocycles. The summed E-state index contributed by atoms with van der Waals surface area (Å²) in [5.74, 6) is 0.793. The van der Waals surface area contributed by atoms with E-state index in [9.17, 15) is 5.11 Å². The fourth-order valence-corrected chi connectivity index (χ4v) is 4.78. The van der Waals surface area contributed by atoms with Crippen molar-refractivity contribution < 1.29 is 9.84 Å². The molecule has 0 aliphatic carbocycles. The van der Waals surface area contributed by atoms with Crippen LogP contribution in [0, 0.1) is 0 Å². The number of nitrogens with one attached hydrogen (secondary N) is 1. The van der Waals surface area contributed by atoms with Crippen molar-refractivity contribution in [1.82, 2.24) is 15.2 Å². The Morgan fingerprint density at radius 1 is 1.19 bits per heavy atom. The third kappa shape index (κ3) is 4.18. The first-order valence-corrected chi connectivity index (χ1v) is 11.2. The Kier molecular flexibility index (Phi) is 5.42. The van der Waals surface area contributed by atoms with Gasteiger partial charge in [-0.25, -0.2) is 4.98 Å². The van der Waals surface area contributed by atoms with Crippen molar-refractivity contribution in [2.45, 2.75) is 31.5 Å². The number of aliphatic hydroxyl groups is 1. The van der Waals surface area contributed by atoms with Crippen LogP contribution in [0.5, 0.6) is 5.75 Å². The number of aliphatic imine (C=N–C) groups is 1. The molecule has 3 aliphatic rings. The Morgan fingerprint density at radius 2 is 2.03 bits per heavy atom. The second kappa shape index (κ2) is 8.22. The largest absolute Gasteiger partial charge is 0.497 e. The van der Waals surface area contributed by atoms with E-state index >= 15 is 0 Å². The lowest BCUT2D eigenvalue weighted by atomic mass is 10.0. The van der Waals surface area contributed by atoms with E-state index in [0.29, 0.717) is 6.54 Å². The second-order valence-corrected chi connectivity index (χ2v) is 9.02. The van der Waals surface area contributed by atoms with Crippen molar-refractivity contribution in [2.75, 3.05) is 51.3 Å². The lowest BCUT2D eigenvalue weighted by Gasteiger charge is -2.33. The van der Waals surface area contributed by atoms with Gasteiger partial charge < -0.3 is 20.1 Å². The summed E-state index contributed by atoms with van der Waals surface area (Å²) in [5.41, 5.74) is 3.33. The van der Waals surface area contributed by atoms with E-state index in [4.69, 9.17) is 14.7 Å². The third-order valence-electron chi connectivity index (χ3n) is 6.59. The van der Waals surface area contributed by atoms with Crippen molar-refractivity contribution in [3.63, 3.8) is 0 Å². The van der Waals surface area contributed by atoms with Gasteiger partial charge in [-0.1, -0.05) is 6.08 Å². The molecule has 4 heterocycles. The van der Waals surface area contributed by atoms with Crippen molar-refractivity contribution in [1.29, 1.82) is 0 Å². The van der Waals surface area contributed by atoms with Crippen LogP contribution in [-0.4, -0.2) is 79.4 Å². The average molecular weight is 422 g/mol. The molecule has 0 radical (unpaired) electrons. The maximum Gasteiger partial charge on any atom is 0.121 e. The maximum atomic E-state index is 10.5. The van der Waals surface area contributed by atoms with Gasteiger partial charge in [-0.3, -0.25) is 9.89 Å². The van der Waals surface area contributed by atoms with Gasteiger partial charge in [-0.15, -0.1) is 0 Å². The number of methoxy groups -OCH3 is 1. The summed E-state index contributed by atoms with van der Waals surface area (Å²) in [7, 11) is 1.68. The van der Waals surface area contributed by atoms with E-state index in [0.717, 1.165) is 79.2 Å². The molecule has 0 bridgehead atoms. The van der Waals surface area contributed by atoms with Crippen molar-refractivity contribution in [3.05, 3.63) is 36.0 Å². The predicted molar refractivity (Wildman–Crippen MR) is 125 cm³/mol. The summed E-state index contributed by atoms with van der Waals surface area (Å²) >= 11 is 0. The van der Waals surface area contributed by atoms with Crippen molar-refractivity contribution in [2.24, 2.45) is 4.99 Å². The fraction of sp³-hybridized carbons (Fsp3) is 0.500. The molecule has 2 unspecified atom stereocenters. The normalized spacial score (nSPS) is 27.0. The molecule has 2 atom stereocenters. The lowest BCUT2D eigenvalue weighted by Crippen LogP contribution is -2.48. The zero-order valence-electron chi connectivity index (χ0n) is 18.3. The number of ether oxygens (including phenoxy) is 1. The number of dihydropyridines is 1. The lowest BCUT2D eigenvalue weighted by molar-refractivity contribution is 0.0839. The molecule has 0 saturated carbocycles. The minimum Gasteiger partial charge on any atom is -0.497 e. The second-order valence-electron chi connectivity index (χ2n) is 9.02. The van der Waals surface area contributed by atoms with Gasteiger partial charge >= 0.3 is 0 Å². The number of benzene rings is 1. The van der Waals surface area contributed by atoms with Crippen LogP contribution in [0.4, 0.5) is 5.69 Å². The van der Waals surface area contributed by atoms with Crippen LogP contribution in [0.3, 0.4) is 0 Å². The smallest absolute Gasteiger partial charge is 0.121 e. The first-order chi connectivity index (χ1) is 15.0. The van der Waals surface area contributed by atoms with Crippen LogP contribution >= 0.6 is 0 Å². The predicted octanol–water partition coefficient (Wildman–Crippen LogP) is 2.29. The number of nitrogens with zero attached hydrogens (tertiary/aromatic N) is 4. The number of hydrogen-bond acceptors (Lipinski definition) is 7. The number of rotatable bonds is 4. The molecular weight excluding hydrogens is 390 g/mol. The minimum atomic E-state index is -0.662. The Bertz CT molecular complexity index is 1030. The summed E-state index contributed by atoms with van der Waals surface area (Å²) < 4.78 is 5.44. The van der Waals surface area contributed by atoms with E-state index < -0.39 is 5.60 Å². The standard InChI is InChI=1S/C24H31N5O2/c1-24(30)7-10-29(16-24)22-14-20(27-21-13-18(31-2)4-5-19(21)22)17-3-6-23(26-15-17)28-11-8-25-9-12-28/h3-5,13-15,23,25,30H,6-12,16H2,1-2H3. The number of fused-ring (bicyclic) bond motifs is 1. The molecule has 2 aromatic rings. The Hall–Kier alpha value is -2.48. The number of anilines is 1. The maximum absolute atomic E-state index is 10.5. The van der Waals surface area contributed by atoms with E-state index in [1.165, 1.54) is 0 Å². The molecule has 2 fully saturated rings. The first-order valence-electron chi connectivity index (χ1n) is 11.2. The number of pyridine rings is 1. The Labute approximate surface area is 183 Å². The Balaban J connectivity index is 1.48. The molecule has 2 saturated heterocycles. The number of aromatic nitrogens is 1. The van der Waals surface area contributed by atoms with Gasteiger partial charge in [-0.05, 0) is 31.5 Å². The van der Waals surface area contributed by atoms with Gasteiger partial charge in [-0.2, -0.15) is 0 Å². The van der Waals surface area contributed by atoms with E-state index in [2.05, 4.69) is 33.3 Å². The van der Waals surface area contributed by atoms with E-state index in [1.807, 2.05) is 25.3 Å². The van der Waals surface area contributed by atoms with Crippen LogP contribution < -0.4 is 15.0 Å². The molecule has 0 spiro atoms. The fourth-order valence-electron chi connectivity index (χ4n) is 4.78. The van der Waals surface area contributed by atoms with Crippen LogP contribution in [0.1, 0.15) is 25.5 Å². The van der Waals surface area contributed by atoms with Crippen LogP contribution in [-0.2, 0) is 0 Å². The molecule has 2 N–H and O–H groups in total. The Morgan fingerprint density at radius 3 is 2.71 bits per heavy atom. The number of piperazine rings is 1. The zero-order chi connectivity index (χ0) is 21.4. The van der Waals surface area contributed by atoms with E-state index in [1.54, 1.807) is 7.11 Å². The highest BCUT2D eigenvalue weighted by Crippen LogP contribution is 2.35. The summed E-state index contributed by atoms with van der Waals surface area (Å²) in [6.45, 7) is 7.49. The molecular formula is C24H31N5O2. The van der Waals surface area contributed by atoms with Crippen LogP contribution in [0.2, 0.25) is 0 Å². The van der Waals surface area contributed by atoms with Crippen LogP contribution in [0.15, 0.2) is 35.3 Å². The molecule has 0 amide bonds. The molecule has 31 heavy (non-hydrogen) atoms. The first kappa shape index (κ1) is 20.4. The van der Waals surface area contributed by atoms with Crippen LogP contribution in [0.25, 0.3) is 16.5 Å². The SMILES string of the molecule is COc1ccc2c(N3CCC(C)(O)C3)cc(C3=CCC(N4CCNCC4)N=C3)nc2c1. The topological polar surface area (TPSA) is 73.2 Å². The molecule has 164 valence electrons. The van der Waals surface area contributed by atoms with Crippen molar-refractivity contribution >= 4 is 28.4 Å². The summed E-state index contributed by atoms with van der Waals surface area (Å²) in [6, 6.07) is 8.18. The number of β-amino-alcohol motifs (C(OH)–C–C–N with tert-alkyl or cyclic N) is 1. The third-order valence-corrected chi connectivity index (χ3v) is 6.59. The monoisotopic (exact) mass is 421 g/mol. The molecule has 3 aliphatic heterocycles. The summed E-state index contributed by atoms with van der Waals surface area (Å²) in [5, 5.41) is 15.0. The number of hydrogen-bond donors (Lipinski definition) is 2. The van der Waals surface area contributed by atoms with Gasteiger partial charge in [0.25, 0.3) is 0 Å². The van der Waals surface area contributed by atoms with Gasteiger partial charge in [0.15, 0.2) is 0 Å². The number of allylic oxidation sites excluding steroid dienone is 1. The van der Waals surface area contributed by atoms with E-state index in [-0.39, 0.29) is 6.17 Å². The van der Waals surface area contributed by atoms with Gasteiger partial charge in [0, 0.05) is 74.6 Å². The minimum absolute atomic E-state index is 0.222. The molecule has 7 nitrogen and oxygen atoms in total. The highest BCUT2D eigenvalue weighted by molar-refractivity contribution is 6.11. The van der Waals surface area contributed by atoms with Gasteiger partial charge in [0.2, 0.25) is 0 Å². The van der Waals surface area contributed by atoms with Gasteiger partial charge in [0.05, 0.1) is 23.9 Å². The highest BCUT2D eigenvalue weighted by Gasteiger charge is 2.32. The molecule has 7 heteroatoms. The molecule has 5 rings (SSSR count). The summed E-state index contributed by atoms with van der Waals surface area (Å²) in [6.07, 6.45) is 6.13. The highest BCUT2D eigenvalue weighted by atomic mass is 16.5. The van der Waals surface area contributed by atoms with Crippen molar-refractivity contribution in [3.8, 4) is 5.75 Å².